The number of nitro groups is 2. The van der Waals surface area contributed by atoms with Crippen LogP contribution in [0, 0.1) is 20.2 Å². The van der Waals surface area contributed by atoms with Gasteiger partial charge in [-0.05, 0) is 36.4 Å². The fourth-order valence-corrected chi connectivity index (χ4v) is 3.12. The minimum atomic E-state index is -2.43. The quantitative estimate of drug-likeness (QED) is 0.277. The van der Waals surface area contributed by atoms with Gasteiger partial charge in [-0.2, -0.15) is 0 Å². The molecule has 2 aliphatic rings. The highest BCUT2D eigenvalue weighted by atomic mass is 16.8. The second-order valence-electron chi connectivity index (χ2n) is 7.07. The van der Waals surface area contributed by atoms with Crippen molar-refractivity contribution in [3.63, 3.8) is 0 Å². The van der Waals surface area contributed by atoms with E-state index in [4.69, 9.17) is 28.4 Å². The Morgan fingerprint density at radius 2 is 1.16 bits per heavy atom. The van der Waals surface area contributed by atoms with E-state index in [0.717, 1.165) is 13.8 Å². The molecule has 168 valence electrons. The van der Waals surface area contributed by atoms with E-state index in [9.17, 15) is 25.0 Å². The summed E-state index contributed by atoms with van der Waals surface area (Å²) >= 11 is 0. The molecule has 0 amide bonds. The molecule has 0 aromatic heterocycles. The van der Waals surface area contributed by atoms with Gasteiger partial charge in [-0.25, -0.2) is 4.79 Å². The van der Waals surface area contributed by atoms with Crippen molar-refractivity contribution in [1.29, 1.82) is 0 Å². The first-order chi connectivity index (χ1) is 15.1. The molecule has 4 rings (SSSR count). The maximum atomic E-state index is 12.5. The van der Waals surface area contributed by atoms with Crippen LogP contribution >= 0.6 is 0 Å². The minimum Gasteiger partial charge on any atom is -0.454 e. The number of hydrogen-bond acceptors (Lipinski definition) is 11. The molecular formula is C19H16N2O11. The SMILES string of the molecule is CC(OC(=O)OC(C)(c1ccc2c(c1)OCO2)[N+](=O)[O-])(c1ccc2c(c1)OCO2)[N+](=O)[O-]. The Bertz CT molecular complexity index is 1030. The van der Waals surface area contributed by atoms with E-state index in [1.165, 1.54) is 36.4 Å². The summed E-state index contributed by atoms with van der Waals surface area (Å²) in [5, 5.41) is 23.6. The van der Waals surface area contributed by atoms with Gasteiger partial charge in [0, 0.05) is 0 Å². The number of hydrogen-bond donors (Lipinski definition) is 0. The number of benzene rings is 2. The molecule has 2 aromatic carbocycles. The molecule has 13 nitrogen and oxygen atoms in total. The van der Waals surface area contributed by atoms with Crippen molar-refractivity contribution >= 4 is 6.16 Å². The molecule has 0 fully saturated rings. The van der Waals surface area contributed by atoms with Crippen molar-refractivity contribution in [3.8, 4) is 23.0 Å². The molecule has 2 aliphatic heterocycles. The first-order valence-electron chi connectivity index (χ1n) is 9.15. The fraction of sp³-hybridized carbons (Fsp3) is 0.316. The zero-order valence-electron chi connectivity index (χ0n) is 16.8. The average molecular weight is 448 g/mol. The van der Waals surface area contributed by atoms with Gasteiger partial charge in [0.25, 0.3) is 0 Å². The molecule has 0 aliphatic carbocycles. The third-order valence-corrected chi connectivity index (χ3v) is 5.08. The van der Waals surface area contributed by atoms with Crippen molar-refractivity contribution < 1.29 is 43.1 Å². The molecule has 2 atom stereocenters. The smallest absolute Gasteiger partial charge is 0.454 e. The molecule has 0 N–H and O–H groups in total. The molecule has 0 radical (unpaired) electrons. The van der Waals surface area contributed by atoms with Gasteiger partial charge in [0.2, 0.25) is 13.6 Å². The van der Waals surface area contributed by atoms with E-state index >= 15 is 0 Å². The normalized spacial score (nSPS) is 17.1. The highest BCUT2D eigenvalue weighted by Gasteiger charge is 2.50. The van der Waals surface area contributed by atoms with Crippen LogP contribution in [0.2, 0.25) is 0 Å². The van der Waals surface area contributed by atoms with Crippen LogP contribution in [0.5, 0.6) is 23.0 Å². The van der Waals surface area contributed by atoms with Crippen LogP contribution in [0.1, 0.15) is 25.0 Å². The lowest BCUT2D eigenvalue weighted by Gasteiger charge is -2.24. The summed E-state index contributed by atoms with van der Waals surface area (Å²) in [6.45, 7) is 1.90. The predicted molar refractivity (Wildman–Crippen MR) is 101 cm³/mol. The fourth-order valence-electron chi connectivity index (χ4n) is 3.12. The Kier molecular flexibility index (Phi) is 4.87. The van der Waals surface area contributed by atoms with E-state index < -0.39 is 27.5 Å². The first-order valence-corrected chi connectivity index (χ1v) is 9.15. The van der Waals surface area contributed by atoms with Gasteiger partial charge in [-0.1, -0.05) is 0 Å². The molecular weight excluding hydrogens is 432 g/mol. The first kappa shape index (κ1) is 21.0. The molecule has 0 saturated heterocycles. The standard InChI is InChI=1S/C19H16N2O11/c1-18(20(23)24,11-3-5-13-15(7-11)29-9-27-13)31-17(22)32-19(2,21(25)26)12-4-6-14-16(8-12)30-10-28-14/h3-8H,9-10H2,1-2H3. The molecule has 32 heavy (non-hydrogen) atoms. The van der Waals surface area contributed by atoms with Crippen LogP contribution in [0.4, 0.5) is 4.79 Å². The van der Waals surface area contributed by atoms with E-state index in [1.54, 1.807) is 0 Å². The molecule has 2 heterocycles. The number of nitrogens with zero attached hydrogens (tertiary/aromatic N) is 2. The van der Waals surface area contributed by atoms with Gasteiger partial charge < -0.3 is 28.4 Å². The Morgan fingerprint density at radius 1 is 0.781 bits per heavy atom. The Hall–Kier alpha value is -4.29. The number of carbonyl (C=O) groups is 1. The monoisotopic (exact) mass is 448 g/mol. The summed E-state index contributed by atoms with van der Waals surface area (Å²) in [5.74, 6) is 1.18. The molecule has 13 heteroatoms. The van der Waals surface area contributed by atoms with Gasteiger partial charge in [0.1, 0.15) is 0 Å². The van der Waals surface area contributed by atoms with Gasteiger partial charge in [-0.15, -0.1) is 0 Å². The second-order valence-corrected chi connectivity index (χ2v) is 7.07. The van der Waals surface area contributed by atoms with E-state index in [0.29, 0.717) is 11.5 Å². The van der Waals surface area contributed by atoms with Crippen LogP contribution in [0.15, 0.2) is 36.4 Å². The highest BCUT2D eigenvalue weighted by Crippen LogP contribution is 2.39. The third-order valence-electron chi connectivity index (χ3n) is 5.08. The summed E-state index contributed by atoms with van der Waals surface area (Å²) in [6.07, 6.45) is -1.63. The number of fused-ring (bicyclic) bond motifs is 2. The zero-order chi connectivity index (χ0) is 23.1. The van der Waals surface area contributed by atoms with Crippen LogP contribution in [-0.4, -0.2) is 29.6 Å². The molecule has 2 aromatic rings. The predicted octanol–water partition coefficient (Wildman–Crippen LogP) is 2.90. The van der Waals surface area contributed by atoms with Crippen LogP contribution in [-0.2, 0) is 20.9 Å². The van der Waals surface area contributed by atoms with E-state index in [-0.39, 0.29) is 36.2 Å². The minimum absolute atomic E-state index is 0.0606. The molecule has 0 spiro atoms. The largest absolute Gasteiger partial charge is 0.519 e. The highest BCUT2D eigenvalue weighted by molar-refractivity contribution is 5.62. The van der Waals surface area contributed by atoms with E-state index in [2.05, 4.69) is 0 Å². The lowest BCUT2D eigenvalue weighted by Crippen LogP contribution is -2.42. The Labute approximate surface area is 179 Å². The Balaban J connectivity index is 1.60. The lowest BCUT2D eigenvalue weighted by molar-refractivity contribution is -0.641. The summed E-state index contributed by atoms with van der Waals surface area (Å²) in [4.78, 5) is 34.4. The zero-order valence-corrected chi connectivity index (χ0v) is 16.8. The topological polar surface area (TPSA) is 159 Å². The summed E-state index contributed by atoms with van der Waals surface area (Å²) in [6, 6.07) is 8.03. The second kappa shape index (κ2) is 7.44. The summed E-state index contributed by atoms with van der Waals surface area (Å²) in [5.41, 5.74) is -4.97. The summed E-state index contributed by atoms with van der Waals surface area (Å²) in [7, 11) is 0. The van der Waals surface area contributed by atoms with Gasteiger partial charge in [0.15, 0.2) is 23.0 Å². The van der Waals surface area contributed by atoms with Gasteiger partial charge in [0.05, 0.1) is 34.8 Å². The Morgan fingerprint density at radius 3 is 1.53 bits per heavy atom. The van der Waals surface area contributed by atoms with Crippen molar-refractivity contribution in [1.82, 2.24) is 0 Å². The van der Waals surface area contributed by atoms with Crippen molar-refractivity contribution in [2.24, 2.45) is 0 Å². The van der Waals surface area contributed by atoms with Crippen molar-refractivity contribution in [2.45, 2.75) is 25.3 Å². The third kappa shape index (κ3) is 3.42. The average Bonchev–Trinajstić information content (AvgIpc) is 3.41. The lowest BCUT2D eigenvalue weighted by atomic mass is 10.0. The number of carbonyl (C=O) groups excluding carboxylic acids is 1. The van der Waals surface area contributed by atoms with Crippen LogP contribution < -0.4 is 18.9 Å². The van der Waals surface area contributed by atoms with Crippen molar-refractivity contribution in [2.75, 3.05) is 13.6 Å². The molecule has 0 saturated carbocycles. The van der Waals surface area contributed by atoms with Crippen molar-refractivity contribution in [3.05, 3.63) is 67.8 Å². The van der Waals surface area contributed by atoms with Crippen LogP contribution in [0.25, 0.3) is 0 Å². The van der Waals surface area contributed by atoms with E-state index in [1.807, 2.05) is 0 Å². The molecule has 2 unspecified atom stereocenters. The van der Waals surface area contributed by atoms with Gasteiger partial charge >= 0.3 is 17.6 Å². The maximum absolute atomic E-state index is 12.5. The van der Waals surface area contributed by atoms with Gasteiger partial charge in [-0.3, -0.25) is 20.2 Å². The number of ether oxygens (including phenoxy) is 6. The molecule has 0 bridgehead atoms. The van der Waals surface area contributed by atoms with Crippen LogP contribution in [0.3, 0.4) is 0 Å². The summed E-state index contributed by atoms with van der Waals surface area (Å²) < 4.78 is 30.7. The maximum Gasteiger partial charge on any atom is 0.519 e. The number of rotatable bonds is 6.